The van der Waals surface area contributed by atoms with E-state index in [1.165, 1.54) is 11.8 Å². The lowest BCUT2D eigenvalue weighted by molar-refractivity contribution is -0.131. The van der Waals surface area contributed by atoms with E-state index in [9.17, 15) is 9.59 Å². The number of carbonyl (C=O) groups excluding carboxylic acids is 1. The van der Waals surface area contributed by atoms with Crippen LogP contribution in [0, 0.1) is 0 Å². The number of carbonyl (C=O) groups is 2. The van der Waals surface area contributed by atoms with Crippen LogP contribution in [0.15, 0.2) is 55.2 Å². The summed E-state index contributed by atoms with van der Waals surface area (Å²) in [4.78, 5) is 29.9. The van der Waals surface area contributed by atoms with E-state index in [4.69, 9.17) is 5.11 Å². The van der Waals surface area contributed by atoms with E-state index >= 15 is 0 Å². The van der Waals surface area contributed by atoms with E-state index < -0.39 is 5.97 Å². The number of carboxylic acids is 1. The van der Waals surface area contributed by atoms with Crippen LogP contribution in [0.2, 0.25) is 0 Å². The number of piperidine rings is 1. The highest BCUT2D eigenvalue weighted by Crippen LogP contribution is 2.23. The SMILES string of the molecule is O=C(O)c1cnn(C2CCN(C(=O)Cc3cncn3Cc3ccccc3)CC2)c1. The largest absolute Gasteiger partial charge is 0.478 e. The highest BCUT2D eigenvalue weighted by molar-refractivity contribution is 5.86. The van der Waals surface area contributed by atoms with Gasteiger partial charge in [-0.25, -0.2) is 9.78 Å². The Morgan fingerprint density at radius 3 is 2.55 bits per heavy atom. The van der Waals surface area contributed by atoms with Crippen LogP contribution in [0.25, 0.3) is 0 Å². The molecule has 0 radical (unpaired) electrons. The van der Waals surface area contributed by atoms with Crippen molar-refractivity contribution in [3.63, 3.8) is 0 Å². The topological polar surface area (TPSA) is 93.2 Å². The predicted octanol–water partition coefficient (Wildman–Crippen LogP) is 2.23. The van der Waals surface area contributed by atoms with Crippen LogP contribution in [0.1, 0.15) is 40.5 Å². The normalized spacial score (nSPS) is 14.8. The van der Waals surface area contributed by atoms with Crippen molar-refractivity contribution in [3.8, 4) is 0 Å². The van der Waals surface area contributed by atoms with Gasteiger partial charge in [-0.1, -0.05) is 30.3 Å². The van der Waals surface area contributed by atoms with Gasteiger partial charge in [0.1, 0.15) is 0 Å². The van der Waals surface area contributed by atoms with Crippen LogP contribution in [-0.2, 0) is 17.8 Å². The first-order chi connectivity index (χ1) is 14.1. The van der Waals surface area contributed by atoms with E-state index in [-0.39, 0.29) is 17.5 Å². The summed E-state index contributed by atoms with van der Waals surface area (Å²) >= 11 is 0. The second kappa shape index (κ2) is 8.30. The Kier molecular flexibility index (Phi) is 5.41. The molecule has 1 aromatic carbocycles. The minimum atomic E-state index is -0.976. The second-order valence-electron chi connectivity index (χ2n) is 7.30. The number of hydrogen-bond donors (Lipinski definition) is 1. The zero-order valence-corrected chi connectivity index (χ0v) is 16.0. The summed E-state index contributed by atoms with van der Waals surface area (Å²) in [5.74, 6) is -0.888. The number of aromatic carboxylic acids is 1. The Morgan fingerprint density at radius 2 is 1.86 bits per heavy atom. The summed E-state index contributed by atoms with van der Waals surface area (Å²) in [6.45, 7) is 1.97. The molecule has 150 valence electrons. The van der Waals surface area contributed by atoms with Crippen LogP contribution < -0.4 is 0 Å². The average molecular weight is 393 g/mol. The van der Waals surface area contributed by atoms with Crippen LogP contribution in [0.5, 0.6) is 0 Å². The van der Waals surface area contributed by atoms with Crippen molar-refractivity contribution >= 4 is 11.9 Å². The highest BCUT2D eigenvalue weighted by atomic mass is 16.4. The second-order valence-corrected chi connectivity index (χ2v) is 7.30. The van der Waals surface area contributed by atoms with Gasteiger partial charge in [0.2, 0.25) is 5.91 Å². The number of rotatable bonds is 6. The van der Waals surface area contributed by atoms with Gasteiger partial charge in [-0.05, 0) is 18.4 Å². The van der Waals surface area contributed by atoms with Crippen molar-refractivity contribution in [3.05, 3.63) is 72.1 Å². The number of aromatic nitrogens is 4. The molecule has 3 aromatic rings. The molecule has 8 nitrogen and oxygen atoms in total. The van der Waals surface area contributed by atoms with E-state index in [1.54, 1.807) is 23.4 Å². The highest BCUT2D eigenvalue weighted by Gasteiger charge is 2.25. The summed E-state index contributed by atoms with van der Waals surface area (Å²) in [5, 5.41) is 13.2. The van der Waals surface area contributed by atoms with E-state index in [0.29, 0.717) is 26.1 Å². The van der Waals surface area contributed by atoms with Gasteiger partial charge in [0.25, 0.3) is 0 Å². The third-order valence-corrected chi connectivity index (χ3v) is 5.37. The zero-order chi connectivity index (χ0) is 20.2. The molecule has 8 heteroatoms. The van der Waals surface area contributed by atoms with Crippen molar-refractivity contribution in [2.75, 3.05) is 13.1 Å². The Morgan fingerprint density at radius 1 is 1.10 bits per heavy atom. The van der Waals surface area contributed by atoms with Crippen molar-refractivity contribution in [1.82, 2.24) is 24.2 Å². The molecule has 1 amide bonds. The smallest absolute Gasteiger partial charge is 0.338 e. The number of likely N-dealkylation sites (tertiary alicyclic amines) is 1. The molecule has 1 N–H and O–H groups in total. The molecule has 1 aliphatic rings. The van der Waals surface area contributed by atoms with Crippen molar-refractivity contribution < 1.29 is 14.7 Å². The molecule has 1 fully saturated rings. The number of hydrogen-bond acceptors (Lipinski definition) is 4. The van der Waals surface area contributed by atoms with Gasteiger partial charge in [0, 0.05) is 37.7 Å². The van der Waals surface area contributed by atoms with Gasteiger partial charge in [0.05, 0.1) is 30.6 Å². The quantitative estimate of drug-likeness (QED) is 0.693. The molecule has 29 heavy (non-hydrogen) atoms. The maximum atomic E-state index is 12.8. The molecule has 1 saturated heterocycles. The third kappa shape index (κ3) is 4.37. The van der Waals surface area contributed by atoms with Crippen molar-refractivity contribution in [1.29, 1.82) is 0 Å². The molecule has 3 heterocycles. The number of amides is 1. The zero-order valence-electron chi connectivity index (χ0n) is 16.0. The third-order valence-electron chi connectivity index (χ3n) is 5.37. The summed E-state index contributed by atoms with van der Waals surface area (Å²) in [7, 11) is 0. The van der Waals surface area contributed by atoms with Crippen LogP contribution in [0.4, 0.5) is 0 Å². The minimum absolute atomic E-state index is 0.0879. The summed E-state index contributed by atoms with van der Waals surface area (Å²) in [5.41, 5.74) is 2.26. The van der Waals surface area contributed by atoms with Crippen LogP contribution in [0.3, 0.4) is 0 Å². The number of carboxylic acid groups (broad SMARTS) is 1. The number of imidazole rings is 1. The Labute approximate surface area is 168 Å². The standard InChI is InChI=1S/C21H23N5O3/c27-20(10-19-12-22-15-25(19)13-16-4-2-1-3-5-16)24-8-6-18(7-9-24)26-14-17(11-23-26)21(28)29/h1-5,11-12,14-15,18H,6-10,13H2,(H,28,29). The first kappa shape index (κ1) is 18.9. The van der Waals surface area contributed by atoms with Gasteiger partial charge >= 0.3 is 5.97 Å². The van der Waals surface area contributed by atoms with Gasteiger partial charge < -0.3 is 14.6 Å². The number of nitrogens with zero attached hydrogens (tertiary/aromatic N) is 5. The van der Waals surface area contributed by atoms with Gasteiger partial charge in [-0.3, -0.25) is 9.48 Å². The lowest BCUT2D eigenvalue weighted by Gasteiger charge is -2.32. The first-order valence-electron chi connectivity index (χ1n) is 9.68. The molecule has 0 unspecified atom stereocenters. The Hall–Kier alpha value is -3.42. The van der Waals surface area contributed by atoms with Crippen LogP contribution in [-0.4, -0.2) is 54.3 Å². The summed E-state index contributed by atoms with van der Waals surface area (Å²) < 4.78 is 3.72. The average Bonchev–Trinajstić information content (AvgIpc) is 3.39. The number of benzene rings is 1. The molecular weight excluding hydrogens is 370 g/mol. The predicted molar refractivity (Wildman–Crippen MR) is 106 cm³/mol. The fourth-order valence-corrected chi connectivity index (χ4v) is 3.71. The van der Waals surface area contributed by atoms with E-state index in [1.807, 2.05) is 27.7 Å². The molecule has 0 bridgehead atoms. The van der Waals surface area contributed by atoms with Gasteiger partial charge in [-0.2, -0.15) is 5.10 Å². The Bertz CT molecular complexity index is 987. The summed E-state index contributed by atoms with van der Waals surface area (Å²) in [6.07, 6.45) is 8.29. The molecule has 0 atom stereocenters. The molecule has 0 aliphatic carbocycles. The van der Waals surface area contributed by atoms with Crippen LogP contribution >= 0.6 is 0 Å². The maximum absolute atomic E-state index is 12.8. The first-order valence-corrected chi connectivity index (χ1v) is 9.68. The molecule has 2 aromatic heterocycles. The lowest BCUT2D eigenvalue weighted by Crippen LogP contribution is -2.40. The Balaban J connectivity index is 1.33. The molecule has 0 spiro atoms. The fraction of sp³-hybridized carbons (Fsp3) is 0.333. The molecule has 0 saturated carbocycles. The van der Waals surface area contributed by atoms with Gasteiger partial charge in [0.15, 0.2) is 0 Å². The van der Waals surface area contributed by atoms with Crippen molar-refractivity contribution in [2.45, 2.75) is 31.8 Å². The fourth-order valence-electron chi connectivity index (χ4n) is 3.71. The molecular formula is C21H23N5O3. The monoisotopic (exact) mass is 393 g/mol. The maximum Gasteiger partial charge on any atom is 0.338 e. The van der Waals surface area contributed by atoms with E-state index in [0.717, 1.165) is 18.5 Å². The summed E-state index contributed by atoms with van der Waals surface area (Å²) in [6, 6.07) is 10.2. The van der Waals surface area contributed by atoms with E-state index in [2.05, 4.69) is 22.2 Å². The minimum Gasteiger partial charge on any atom is -0.478 e. The van der Waals surface area contributed by atoms with Gasteiger partial charge in [-0.15, -0.1) is 0 Å². The lowest BCUT2D eigenvalue weighted by atomic mass is 10.0. The van der Waals surface area contributed by atoms with Crippen molar-refractivity contribution in [2.24, 2.45) is 0 Å². The molecule has 1 aliphatic heterocycles. The molecule has 4 rings (SSSR count).